The Balaban J connectivity index is 5.64. The first kappa shape index (κ1) is 38.3. The van der Waals surface area contributed by atoms with Gasteiger partial charge in [-0.25, -0.2) is 0 Å². The lowest BCUT2D eigenvalue weighted by Crippen LogP contribution is -2.51. The smallest absolute Gasteiger partial charge is 0.242 e. The minimum atomic E-state index is -0.597. The SMILES string of the molecule is CCCCNCC(=O)N(CCCC)CC(=O)N(CCCC)CC(=O)N(CCCC)CC(=O)N(CCCC)CC(N)=O. The van der Waals surface area contributed by atoms with Crippen LogP contribution in [0, 0.1) is 0 Å². The van der Waals surface area contributed by atoms with Crippen molar-refractivity contribution in [3.05, 3.63) is 0 Å². The van der Waals surface area contributed by atoms with E-state index in [4.69, 9.17) is 5.73 Å². The number of unbranched alkanes of at least 4 members (excludes halogenated alkanes) is 5. The molecule has 0 saturated heterocycles. The van der Waals surface area contributed by atoms with Crippen LogP contribution >= 0.6 is 0 Å². The summed E-state index contributed by atoms with van der Waals surface area (Å²) in [4.78, 5) is 70.5. The molecular formula is C30H58N6O5. The quantitative estimate of drug-likeness (QED) is 0.159. The van der Waals surface area contributed by atoms with Crippen LogP contribution in [0.1, 0.15) is 98.8 Å². The van der Waals surface area contributed by atoms with Gasteiger partial charge in [0.2, 0.25) is 29.5 Å². The van der Waals surface area contributed by atoms with Crippen molar-refractivity contribution < 1.29 is 24.0 Å². The molecule has 5 amide bonds. The molecule has 0 aromatic carbocycles. The Kier molecular flexibility index (Phi) is 22.4. The zero-order chi connectivity index (χ0) is 31.0. The van der Waals surface area contributed by atoms with Crippen LogP contribution in [-0.2, 0) is 24.0 Å². The van der Waals surface area contributed by atoms with Gasteiger partial charge in [0.15, 0.2) is 0 Å². The van der Waals surface area contributed by atoms with Gasteiger partial charge in [-0.15, -0.1) is 0 Å². The highest BCUT2D eigenvalue weighted by atomic mass is 16.2. The minimum absolute atomic E-state index is 0.0808. The minimum Gasteiger partial charge on any atom is -0.368 e. The van der Waals surface area contributed by atoms with Crippen LogP contribution in [0.5, 0.6) is 0 Å². The molecule has 0 heterocycles. The molecule has 0 spiro atoms. The Labute approximate surface area is 248 Å². The fourth-order valence-corrected chi connectivity index (χ4v) is 4.15. The number of hydrogen-bond acceptors (Lipinski definition) is 6. The van der Waals surface area contributed by atoms with E-state index >= 15 is 0 Å². The summed E-state index contributed by atoms with van der Waals surface area (Å²) in [5.74, 6) is -1.65. The maximum Gasteiger partial charge on any atom is 0.242 e. The van der Waals surface area contributed by atoms with E-state index in [9.17, 15) is 24.0 Å². The number of nitrogens with two attached hydrogens (primary N) is 1. The van der Waals surface area contributed by atoms with E-state index in [1.165, 1.54) is 14.7 Å². The first-order valence-electron chi connectivity index (χ1n) is 15.7. The van der Waals surface area contributed by atoms with Crippen molar-refractivity contribution in [2.75, 3.05) is 65.4 Å². The predicted molar refractivity (Wildman–Crippen MR) is 163 cm³/mol. The van der Waals surface area contributed by atoms with Crippen LogP contribution < -0.4 is 11.1 Å². The van der Waals surface area contributed by atoms with Crippen LogP contribution in [0.2, 0.25) is 0 Å². The molecule has 0 aromatic rings. The molecule has 0 unspecified atom stereocenters. The second-order valence-corrected chi connectivity index (χ2v) is 10.7. The third kappa shape index (κ3) is 17.7. The van der Waals surface area contributed by atoms with Crippen LogP contribution in [0.15, 0.2) is 0 Å². The molecule has 0 saturated carbocycles. The second kappa shape index (κ2) is 24.0. The van der Waals surface area contributed by atoms with E-state index in [0.717, 1.165) is 64.3 Å². The van der Waals surface area contributed by atoms with Crippen LogP contribution in [0.25, 0.3) is 0 Å². The summed E-state index contributed by atoms with van der Waals surface area (Å²) in [6, 6.07) is 0. The molecule has 0 aliphatic carbocycles. The maximum atomic E-state index is 13.5. The molecule has 41 heavy (non-hydrogen) atoms. The van der Waals surface area contributed by atoms with E-state index in [2.05, 4.69) is 12.2 Å². The fourth-order valence-electron chi connectivity index (χ4n) is 4.15. The highest BCUT2D eigenvalue weighted by molar-refractivity contribution is 5.91. The van der Waals surface area contributed by atoms with E-state index in [-0.39, 0.29) is 56.4 Å². The van der Waals surface area contributed by atoms with Gasteiger partial charge in [-0.05, 0) is 38.6 Å². The van der Waals surface area contributed by atoms with E-state index in [1.54, 1.807) is 4.90 Å². The lowest BCUT2D eigenvalue weighted by atomic mass is 10.2. The Morgan fingerprint density at radius 1 is 0.488 bits per heavy atom. The van der Waals surface area contributed by atoms with Crippen molar-refractivity contribution in [3.8, 4) is 0 Å². The number of nitrogens with zero attached hydrogens (tertiary/aromatic N) is 4. The topological polar surface area (TPSA) is 136 Å². The second-order valence-electron chi connectivity index (χ2n) is 10.7. The zero-order valence-corrected chi connectivity index (χ0v) is 26.5. The van der Waals surface area contributed by atoms with Gasteiger partial charge in [0, 0.05) is 26.2 Å². The maximum absolute atomic E-state index is 13.5. The first-order chi connectivity index (χ1) is 19.6. The summed E-state index contributed by atoms with van der Waals surface area (Å²) >= 11 is 0. The van der Waals surface area contributed by atoms with Gasteiger partial charge < -0.3 is 30.7 Å². The van der Waals surface area contributed by atoms with Crippen molar-refractivity contribution in [1.29, 1.82) is 0 Å². The van der Waals surface area contributed by atoms with Gasteiger partial charge in [0.05, 0.1) is 32.7 Å². The zero-order valence-electron chi connectivity index (χ0n) is 26.5. The standard InChI is InChI=1S/C30H58N6O5/c1-6-11-16-32-21-27(38)34(18-13-8-3)23-29(40)36(20-15-10-5)25-30(41)35(19-14-9-4)24-28(39)33(17-12-7-2)22-26(31)37/h32H,6-25H2,1-5H3,(H2,31,37). The highest BCUT2D eigenvalue weighted by Crippen LogP contribution is 2.06. The molecule has 0 rings (SSSR count). The summed E-state index contributed by atoms with van der Waals surface area (Å²) < 4.78 is 0. The number of rotatable bonds is 25. The largest absolute Gasteiger partial charge is 0.368 e. The fraction of sp³-hybridized carbons (Fsp3) is 0.833. The third-order valence-electron chi connectivity index (χ3n) is 6.85. The Morgan fingerprint density at radius 2 is 0.805 bits per heavy atom. The number of primary amides is 1. The van der Waals surface area contributed by atoms with Gasteiger partial charge in [0.1, 0.15) is 0 Å². The summed E-state index contributed by atoms with van der Waals surface area (Å²) in [6.45, 7) is 12.1. The van der Waals surface area contributed by atoms with Gasteiger partial charge >= 0.3 is 0 Å². The van der Waals surface area contributed by atoms with Crippen LogP contribution in [0.4, 0.5) is 0 Å². The normalized spacial score (nSPS) is 10.8. The van der Waals surface area contributed by atoms with Gasteiger partial charge in [0.25, 0.3) is 0 Å². The van der Waals surface area contributed by atoms with Gasteiger partial charge in [-0.2, -0.15) is 0 Å². The molecule has 0 aliphatic rings. The molecule has 0 bridgehead atoms. The molecular weight excluding hydrogens is 524 g/mol. The molecule has 11 nitrogen and oxygen atoms in total. The summed E-state index contributed by atoms with van der Waals surface area (Å²) in [5, 5.41) is 3.16. The van der Waals surface area contributed by atoms with E-state index < -0.39 is 5.91 Å². The Hall–Kier alpha value is -2.69. The number of nitrogens with one attached hydrogen (secondary N) is 1. The van der Waals surface area contributed by atoms with Crippen molar-refractivity contribution in [1.82, 2.24) is 24.9 Å². The van der Waals surface area contributed by atoms with Crippen molar-refractivity contribution >= 4 is 29.5 Å². The monoisotopic (exact) mass is 582 g/mol. The number of carbonyl (C=O) groups is 5. The molecule has 0 aromatic heterocycles. The lowest BCUT2D eigenvalue weighted by Gasteiger charge is -2.31. The molecule has 3 N–H and O–H groups in total. The highest BCUT2D eigenvalue weighted by Gasteiger charge is 2.26. The van der Waals surface area contributed by atoms with Crippen molar-refractivity contribution in [2.45, 2.75) is 98.8 Å². The molecule has 0 fully saturated rings. The summed E-state index contributed by atoms with van der Waals surface area (Å²) in [7, 11) is 0. The van der Waals surface area contributed by atoms with Crippen LogP contribution in [-0.4, -0.2) is 115 Å². The predicted octanol–water partition coefficient (Wildman–Crippen LogP) is 2.38. The summed E-state index contributed by atoms with van der Waals surface area (Å²) in [6.07, 6.45) is 8.36. The van der Waals surface area contributed by atoms with Crippen molar-refractivity contribution in [2.24, 2.45) is 5.73 Å². The van der Waals surface area contributed by atoms with Crippen molar-refractivity contribution in [3.63, 3.8) is 0 Å². The average molecular weight is 583 g/mol. The third-order valence-corrected chi connectivity index (χ3v) is 6.85. The lowest BCUT2D eigenvalue weighted by molar-refractivity contribution is -0.146. The molecule has 0 radical (unpaired) electrons. The number of hydrogen-bond donors (Lipinski definition) is 2. The number of carbonyl (C=O) groups excluding carboxylic acids is 5. The average Bonchev–Trinajstić information content (AvgIpc) is 2.94. The molecule has 0 aliphatic heterocycles. The number of amides is 5. The van der Waals surface area contributed by atoms with Gasteiger partial charge in [-0.1, -0.05) is 66.7 Å². The Morgan fingerprint density at radius 3 is 1.12 bits per heavy atom. The molecule has 0 atom stereocenters. The first-order valence-corrected chi connectivity index (χ1v) is 15.7. The van der Waals surface area contributed by atoms with E-state index in [1.807, 2.05) is 27.7 Å². The van der Waals surface area contributed by atoms with Crippen LogP contribution in [0.3, 0.4) is 0 Å². The van der Waals surface area contributed by atoms with Gasteiger partial charge in [-0.3, -0.25) is 24.0 Å². The Bertz CT molecular complexity index is 778. The molecule has 238 valence electrons. The summed E-state index contributed by atoms with van der Waals surface area (Å²) in [5.41, 5.74) is 5.36. The molecule has 11 heteroatoms. The van der Waals surface area contributed by atoms with E-state index in [0.29, 0.717) is 32.6 Å².